The highest BCUT2D eigenvalue weighted by Crippen LogP contribution is 2.24. The number of benzene rings is 1. The molecule has 11 heteroatoms. The van der Waals surface area contributed by atoms with Gasteiger partial charge in [-0.2, -0.15) is 0 Å². The number of hydrogen-bond acceptors (Lipinski definition) is 5. The van der Waals surface area contributed by atoms with Crippen molar-refractivity contribution < 1.29 is 22.8 Å². The van der Waals surface area contributed by atoms with Gasteiger partial charge in [-0.1, -0.05) is 11.8 Å². The zero-order chi connectivity index (χ0) is 19.6. The molecule has 0 radical (unpaired) electrons. The van der Waals surface area contributed by atoms with E-state index in [1.54, 1.807) is 11.6 Å². The number of aromatic nitrogens is 3. The number of thioether (sulfide) groups is 1. The second-order valence-electron chi connectivity index (χ2n) is 6.01. The highest BCUT2D eigenvalue weighted by molar-refractivity contribution is 7.99. The van der Waals surface area contributed by atoms with Gasteiger partial charge in [0.15, 0.2) is 5.16 Å². The Bertz CT molecular complexity index is 876. The molecule has 1 aromatic heterocycles. The molecule has 1 N–H and O–H groups in total. The van der Waals surface area contributed by atoms with Crippen LogP contribution in [0.25, 0.3) is 0 Å². The number of rotatable bonds is 5. The number of nitrogens with one attached hydrogen (secondary N) is 1. The van der Waals surface area contributed by atoms with Crippen molar-refractivity contribution in [2.45, 2.75) is 17.7 Å². The molecule has 0 saturated carbocycles. The molecule has 0 aliphatic carbocycles. The maximum atomic E-state index is 14.0. The third kappa shape index (κ3) is 4.41. The molecule has 1 aliphatic heterocycles. The van der Waals surface area contributed by atoms with Crippen LogP contribution in [0.4, 0.5) is 18.9 Å². The number of likely N-dealkylation sites (tertiary alicyclic amines) is 1. The third-order valence-corrected chi connectivity index (χ3v) is 5.02. The van der Waals surface area contributed by atoms with Gasteiger partial charge in [0, 0.05) is 19.7 Å². The minimum Gasteiger partial charge on any atom is -0.336 e. The quantitative estimate of drug-likeness (QED) is 0.778. The monoisotopic (exact) mass is 399 g/mol. The van der Waals surface area contributed by atoms with Gasteiger partial charge in [0.05, 0.1) is 23.5 Å². The van der Waals surface area contributed by atoms with Crippen LogP contribution in [-0.4, -0.2) is 56.5 Å². The number of hydrogen-bond donors (Lipinski definition) is 1. The van der Waals surface area contributed by atoms with Crippen molar-refractivity contribution in [1.29, 1.82) is 0 Å². The Morgan fingerprint density at radius 2 is 2.11 bits per heavy atom. The summed E-state index contributed by atoms with van der Waals surface area (Å²) in [5.74, 6) is -3.45. The Balaban J connectivity index is 1.70. The molecule has 27 heavy (non-hydrogen) atoms. The van der Waals surface area contributed by atoms with Crippen LogP contribution < -0.4 is 5.32 Å². The number of nitrogens with zero attached hydrogens (tertiary/aromatic N) is 4. The predicted octanol–water partition coefficient (Wildman–Crippen LogP) is 2.01. The molecule has 1 atom stereocenters. The fourth-order valence-electron chi connectivity index (χ4n) is 2.60. The number of aryl methyl sites for hydroxylation is 1. The number of halogens is 3. The first kappa shape index (κ1) is 19.2. The van der Waals surface area contributed by atoms with Crippen molar-refractivity contribution in [3.8, 4) is 0 Å². The lowest BCUT2D eigenvalue weighted by molar-refractivity contribution is -0.113. The lowest BCUT2D eigenvalue weighted by Crippen LogP contribution is -2.30. The summed E-state index contributed by atoms with van der Waals surface area (Å²) in [5, 5.41) is 10.3. The molecule has 0 unspecified atom stereocenters. The molecular weight excluding hydrogens is 383 g/mol. The Morgan fingerprint density at radius 1 is 1.33 bits per heavy atom. The molecule has 1 aromatic carbocycles. The molecule has 1 saturated heterocycles. The van der Waals surface area contributed by atoms with Crippen LogP contribution in [0.3, 0.4) is 0 Å². The maximum Gasteiger partial charge on any atom is 0.257 e. The zero-order valence-corrected chi connectivity index (χ0v) is 15.1. The van der Waals surface area contributed by atoms with Crippen molar-refractivity contribution in [1.82, 2.24) is 19.7 Å². The van der Waals surface area contributed by atoms with Crippen LogP contribution in [0.5, 0.6) is 0 Å². The minimum absolute atomic E-state index is 0.0811. The van der Waals surface area contributed by atoms with Crippen LogP contribution in [-0.2, 0) is 11.8 Å². The third-order valence-electron chi connectivity index (χ3n) is 3.98. The van der Waals surface area contributed by atoms with Gasteiger partial charge in [0.2, 0.25) is 5.91 Å². The molecule has 1 fully saturated rings. The second-order valence-corrected chi connectivity index (χ2v) is 6.95. The molecule has 2 amide bonds. The number of carbonyl (C=O) groups excluding carboxylic acids is 2. The van der Waals surface area contributed by atoms with Crippen molar-refractivity contribution >= 4 is 29.3 Å². The Morgan fingerprint density at radius 3 is 2.74 bits per heavy atom. The summed E-state index contributed by atoms with van der Waals surface area (Å²) in [6.07, 6.45) is 0.490. The number of carbonyl (C=O) groups is 2. The molecule has 0 spiro atoms. The standard InChI is InChI=1S/C16H16F3N5O2S/c1-23-8-20-22-16(23)27-7-14(25)21-13-4-10(11(18)5-12(13)19)15(26)24-3-2-9(17)6-24/h4-5,8-9H,2-3,6-7H2,1H3,(H,21,25)/t9-/m1/s1. The summed E-state index contributed by atoms with van der Waals surface area (Å²) in [4.78, 5) is 25.5. The van der Waals surface area contributed by atoms with Gasteiger partial charge in [-0.15, -0.1) is 10.2 Å². The summed E-state index contributed by atoms with van der Waals surface area (Å²) in [5.41, 5.74) is -0.735. The Labute approximate surface area is 156 Å². The molecular formula is C16H16F3N5O2S. The maximum absolute atomic E-state index is 14.0. The van der Waals surface area contributed by atoms with E-state index in [0.29, 0.717) is 11.2 Å². The van der Waals surface area contributed by atoms with Crippen LogP contribution >= 0.6 is 11.8 Å². The zero-order valence-electron chi connectivity index (χ0n) is 14.3. The Hall–Kier alpha value is -2.56. The van der Waals surface area contributed by atoms with E-state index in [1.807, 2.05) is 0 Å². The largest absolute Gasteiger partial charge is 0.336 e. The summed E-state index contributed by atoms with van der Waals surface area (Å²) in [6, 6.07) is 1.46. The summed E-state index contributed by atoms with van der Waals surface area (Å²) < 4.78 is 42.9. The van der Waals surface area contributed by atoms with Gasteiger partial charge in [0.25, 0.3) is 5.91 Å². The number of amides is 2. The van der Waals surface area contributed by atoms with E-state index >= 15 is 0 Å². The van der Waals surface area contributed by atoms with E-state index in [-0.39, 0.29) is 31.0 Å². The van der Waals surface area contributed by atoms with Crippen LogP contribution in [0.2, 0.25) is 0 Å². The van der Waals surface area contributed by atoms with E-state index in [4.69, 9.17) is 0 Å². The topological polar surface area (TPSA) is 80.1 Å². The van der Waals surface area contributed by atoms with Gasteiger partial charge in [-0.3, -0.25) is 9.59 Å². The highest BCUT2D eigenvalue weighted by atomic mass is 32.2. The van der Waals surface area contributed by atoms with Crippen molar-refractivity contribution in [3.05, 3.63) is 35.7 Å². The number of anilines is 1. The number of alkyl halides is 1. The molecule has 3 rings (SSSR count). The SMILES string of the molecule is Cn1cnnc1SCC(=O)Nc1cc(C(=O)N2CC[C@@H](F)C2)c(F)cc1F. The molecule has 1 aliphatic rings. The minimum atomic E-state index is -1.16. The van der Waals surface area contributed by atoms with Crippen molar-refractivity contribution in [2.24, 2.45) is 7.05 Å². The fraction of sp³-hybridized carbons (Fsp3) is 0.375. The van der Waals surface area contributed by atoms with E-state index in [9.17, 15) is 22.8 Å². The average molecular weight is 399 g/mol. The fourth-order valence-corrected chi connectivity index (χ4v) is 3.29. The summed E-state index contributed by atoms with van der Waals surface area (Å²) in [6.45, 7) is 0.0263. The summed E-state index contributed by atoms with van der Waals surface area (Å²) in [7, 11) is 1.71. The molecule has 7 nitrogen and oxygen atoms in total. The first-order valence-electron chi connectivity index (χ1n) is 8.04. The first-order chi connectivity index (χ1) is 12.8. The van der Waals surface area contributed by atoms with E-state index in [1.165, 1.54) is 6.33 Å². The van der Waals surface area contributed by atoms with Crippen molar-refractivity contribution in [2.75, 3.05) is 24.2 Å². The van der Waals surface area contributed by atoms with Gasteiger partial charge in [-0.25, -0.2) is 13.2 Å². The van der Waals surface area contributed by atoms with Gasteiger partial charge in [0.1, 0.15) is 24.1 Å². The molecule has 2 aromatic rings. The predicted molar refractivity (Wildman–Crippen MR) is 92.1 cm³/mol. The molecule has 2 heterocycles. The van der Waals surface area contributed by atoms with Crippen molar-refractivity contribution in [3.63, 3.8) is 0 Å². The van der Waals surface area contributed by atoms with Gasteiger partial charge in [-0.05, 0) is 12.5 Å². The van der Waals surface area contributed by atoms with Crippen LogP contribution in [0.15, 0.2) is 23.6 Å². The van der Waals surface area contributed by atoms with Crippen LogP contribution in [0, 0.1) is 11.6 Å². The van der Waals surface area contributed by atoms with Gasteiger partial charge >= 0.3 is 0 Å². The molecule has 0 bridgehead atoms. The average Bonchev–Trinajstić information content (AvgIpc) is 3.23. The highest BCUT2D eigenvalue weighted by Gasteiger charge is 2.29. The first-order valence-corrected chi connectivity index (χ1v) is 9.02. The van der Waals surface area contributed by atoms with E-state index in [0.717, 1.165) is 22.7 Å². The lowest BCUT2D eigenvalue weighted by atomic mass is 10.1. The normalized spacial score (nSPS) is 16.6. The lowest BCUT2D eigenvalue weighted by Gasteiger charge is -2.17. The smallest absolute Gasteiger partial charge is 0.257 e. The summed E-state index contributed by atoms with van der Waals surface area (Å²) >= 11 is 1.09. The van der Waals surface area contributed by atoms with Gasteiger partial charge < -0.3 is 14.8 Å². The van der Waals surface area contributed by atoms with E-state index in [2.05, 4.69) is 15.5 Å². The Kier molecular flexibility index (Phi) is 5.68. The molecule has 144 valence electrons. The second kappa shape index (κ2) is 7.99. The van der Waals surface area contributed by atoms with Crippen LogP contribution in [0.1, 0.15) is 16.8 Å². The van der Waals surface area contributed by atoms with E-state index < -0.39 is 35.2 Å².